The molecule has 0 spiro atoms. The van der Waals surface area contributed by atoms with Crippen LogP contribution in [0.15, 0.2) is 73.1 Å². The monoisotopic (exact) mass is 764 g/mol. The van der Waals surface area contributed by atoms with Crippen molar-refractivity contribution in [1.82, 2.24) is 35.5 Å². The highest BCUT2D eigenvalue weighted by atomic mass is 16.5. The summed E-state index contributed by atoms with van der Waals surface area (Å²) in [7, 11) is 1.31. The number of allylic oxidation sites excluding steroid dienone is 3. The Morgan fingerprint density at radius 3 is 2.41 bits per heavy atom. The van der Waals surface area contributed by atoms with Crippen molar-refractivity contribution < 1.29 is 19.1 Å². The molecular weight excluding hydrogens is 705 g/mol. The number of H-pyrrole nitrogens is 2. The number of likely N-dealkylation sites (tertiary alicyclic amines) is 1. The lowest BCUT2D eigenvalue weighted by Crippen LogP contribution is -2.51. The summed E-state index contributed by atoms with van der Waals surface area (Å²) in [6, 6.07) is 7.57. The Kier molecular flexibility index (Phi) is 13.0. The lowest BCUT2D eigenvalue weighted by atomic mass is 9.51. The topological polar surface area (TPSA) is 171 Å². The summed E-state index contributed by atoms with van der Waals surface area (Å²) >= 11 is 0. The van der Waals surface area contributed by atoms with Crippen LogP contribution in [0.2, 0.25) is 0 Å². The first-order valence-electron chi connectivity index (χ1n) is 20.4. The molecule has 0 radical (unpaired) electrons. The molecule has 3 heterocycles. The van der Waals surface area contributed by atoms with Gasteiger partial charge in [-0.2, -0.15) is 0 Å². The molecule has 56 heavy (non-hydrogen) atoms. The van der Waals surface area contributed by atoms with E-state index in [2.05, 4.69) is 56.4 Å². The third-order valence-electron chi connectivity index (χ3n) is 12.5. The zero-order valence-electron chi connectivity index (χ0n) is 33.5. The Morgan fingerprint density at radius 2 is 1.75 bits per heavy atom. The molecule has 1 aromatic carbocycles. The largest absolute Gasteiger partial charge is 0.453 e. The van der Waals surface area contributed by atoms with Gasteiger partial charge >= 0.3 is 6.09 Å². The summed E-state index contributed by atoms with van der Waals surface area (Å²) in [5.74, 6) is 1.44. The number of carbonyl (C=O) groups is 3. The van der Waals surface area contributed by atoms with Crippen molar-refractivity contribution in [2.75, 3.05) is 20.2 Å². The lowest BCUT2D eigenvalue weighted by Gasteiger charge is -2.53. The third kappa shape index (κ3) is 8.70. The number of alkyl carbamates (subject to hydrolysis) is 1. The molecule has 3 aromatic rings. The number of unbranched alkanes of at least 4 members (excludes halogenated alkanes) is 1. The second-order valence-electron chi connectivity index (χ2n) is 16.2. The number of nitrogens with one attached hydrogen (secondary N) is 4. The van der Waals surface area contributed by atoms with E-state index in [4.69, 9.17) is 15.5 Å². The van der Waals surface area contributed by atoms with Crippen molar-refractivity contribution in [2.24, 2.45) is 11.7 Å². The number of methoxy groups -OCH3 is 1. The van der Waals surface area contributed by atoms with Crippen LogP contribution >= 0.6 is 0 Å². The molecule has 1 saturated heterocycles. The molecule has 12 nitrogen and oxygen atoms in total. The first-order valence-corrected chi connectivity index (χ1v) is 20.4. The number of aryl methyl sites for hydroxylation is 1. The number of ether oxygens (including phenoxy) is 1. The van der Waals surface area contributed by atoms with E-state index in [9.17, 15) is 14.4 Å². The molecule has 3 unspecified atom stereocenters. The molecule has 3 atom stereocenters. The summed E-state index contributed by atoms with van der Waals surface area (Å²) in [4.78, 5) is 56.8. The van der Waals surface area contributed by atoms with Gasteiger partial charge in [-0.3, -0.25) is 9.59 Å². The summed E-state index contributed by atoms with van der Waals surface area (Å²) < 4.78 is 4.79. The van der Waals surface area contributed by atoms with Crippen LogP contribution < -0.4 is 16.4 Å². The molecule has 4 fully saturated rings. The zero-order valence-corrected chi connectivity index (χ0v) is 33.5. The molecule has 1 aliphatic heterocycles. The summed E-state index contributed by atoms with van der Waals surface area (Å²) in [6.45, 7) is 10.7. The highest BCUT2D eigenvalue weighted by molar-refractivity contribution is 5.86. The van der Waals surface area contributed by atoms with E-state index in [1.165, 1.54) is 18.4 Å². The Labute approximate surface area is 331 Å². The SMILES string of the molecule is C=C/C=C(\C=C/C)C(N)C(=O)NCCCCc1ncc(-c2ccc(C34CCC(c5cnc(C6CCCN6C(=O)C(NC(=O)OC)C(C)C)[nH]5)(CC3)CC4)cc2)[nH]1. The molecule has 300 valence electrons. The van der Waals surface area contributed by atoms with E-state index in [1.54, 1.807) is 12.2 Å². The fourth-order valence-electron chi connectivity index (χ4n) is 9.11. The number of hydrogen-bond donors (Lipinski definition) is 5. The highest BCUT2D eigenvalue weighted by Crippen LogP contribution is 2.58. The van der Waals surface area contributed by atoms with Crippen molar-refractivity contribution in [2.45, 2.75) is 120 Å². The fraction of sp³-hybridized carbons (Fsp3) is 0.523. The number of imidazole rings is 2. The summed E-state index contributed by atoms with van der Waals surface area (Å²) in [5.41, 5.74) is 11.9. The number of nitrogens with zero attached hydrogens (tertiary/aromatic N) is 3. The van der Waals surface area contributed by atoms with E-state index < -0.39 is 18.2 Å². The average Bonchev–Trinajstić information content (AvgIpc) is 4.02. The molecule has 4 aliphatic rings. The number of rotatable bonds is 16. The van der Waals surface area contributed by atoms with Gasteiger partial charge in [0.1, 0.15) is 23.7 Å². The third-order valence-corrected chi connectivity index (χ3v) is 12.5. The number of aromatic amines is 2. The Balaban J connectivity index is 1.00. The maximum atomic E-state index is 13.7. The number of hydrogen-bond acceptors (Lipinski definition) is 7. The van der Waals surface area contributed by atoms with E-state index in [0.29, 0.717) is 13.1 Å². The van der Waals surface area contributed by atoms with Crippen LogP contribution in [0.3, 0.4) is 0 Å². The van der Waals surface area contributed by atoms with Crippen molar-refractivity contribution >= 4 is 17.9 Å². The summed E-state index contributed by atoms with van der Waals surface area (Å²) in [5, 5.41) is 5.68. The Morgan fingerprint density at radius 1 is 1.04 bits per heavy atom. The maximum Gasteiger partial charge on any atom is 0.407 e. The normalized spacial score (nSPS) is 23.4. The number of carbonyl (C=O) groups excluding carboxylic acids is 3. The minimum atomic E-state index is -0.721. The van der Waals surface area contributed by atoms with Gasteiger partial charge in [-0.1, -0.05) is 69.0 Å². The average molecular weight is 765 g/mol. The van der Waals surface area contributed by atoms with Gasteiger partial charge in [0.05, 0.1) is 25.0 Å². The van der Waals surface area contributed by atoms with E-state index in [1.807, 2.05) is 50.2 Å². The fourth-order valence-corrected chi connectivity index (χ4v) is 9.11. The van der Waals surface area contributed by atoms with Crippen molar-refractivity contribution in [1.29, 1.82) is 0 Å². The van der Waals surface area contributed by atoms with E-state index in [0.717, 1.165) is 99.1 Å². The van der Waals surface area contributed by atoms with Crippen molar-refractivity contribution in [3.05, 3.63) is 96.0 Å². The lowest BCUT2D eigenvalue weighted by molar-refractivity contribution is -0.135. The maximum absolute atomic E-state index is 13.7. The van der Waals surface area contributed by atoms with Gasteiger partial charge in [0.2, 0.25) is 11.8 Å². The smallest absolute Gasteiger partial charge is 0.407 e. The predicted octanol–water partition coefficient (Wildman–Crippen LogP) is 6.84. The van der Waals surface area contributed by atoms with Crippen LogP contribution in [0, 0.1) is 5.92 Å². The first kappa shape index (κ1) is 40.7. The van der Waals surface area contributed by atoms with Gasteiger partial charge in [-0.25, -0.2) is 14.8 Å². The predicted molar refractivity (Wildman–Crippen MR) is 219 cm³/mol. The number of aromatic nitrogens is 4. The van der Waals surface area contributed by atoms with Crippen LogP contribution in [0.25, 0.3) is 11.3 Å². The Bertz CT molecular complexity index is 1880. The van der Waals surface area contributed by atoms with Crippen LogP contribution in [0.1, 0.15) is 114 Å². The molecule has 3 saturated carbocycles. The van der Waals surface area contributed by atoms with Crippen molar-refractivity contribution in [3.63, 3.8) is 0 Å². The Hall–Kier alpha value is -4.97. The molecule has 2 bridgehead atoms. The van der Waals surface area contributed by atoms with Crippen molar-refractivity contribution in [3.8, 4) is 11.3 Å². The van der Waals surface area contributed by atoms with Crippen LogP contribution in [-0.2, 0) is 31.6 Å². The number of nitrogens with two attached hydrogens (primary N) is 1. The molecule has 6 N–H and O–H groups in total. The molecule has 3 amide bonds. The van der Waals surface area contributed by atoms with Gasteiger partial charge in [0, 0.05) is 36.8 Å². The quantitative estimate of drug-likeness (QED) is 0.0785. The van der Waals surface area contributed by atoms with Gasteiger partial charge in [-0.05, 0) is 99.2 Å². The first-order chi connectivity index (χ1) is 27.0. The molecule has 3 aliphatic carbocycles. The van der Waals surface area contributed by atoms with Gasteiger partial charge in [0.25, 0.3) is 0 Å². The number of benzene rings is 1. The van der Waals surface area contributed by atoms with Crippen LogP contribution in [0.5, 0.6) is 0 Å². The second-order valence-corrected chi connectivity index (χ2v) is 16.2. The molecule has 7 rings (SSSR count). The number of fused-ring (bicyclic) bond motifs is 3. The van der Waals surface area contributed by atoms with E-state index >= 15 is 0 Å². The van der Waals surface area contributed by atoms with E-state index in [-0.39, 0.29) is 34.6 Å². The summed E-state index contributed by atoms with van der Waals surface area (Å²) in [6.07, 6.45) is 21.4. The minimum absolute atomic E-state index is 0.0721. The van der Waals surface area contributed by atoms with Gasteiger partial charge < -0.3 is 36.0 Å². The molecular formula is C44H60N8O4. The van der Waals surface area contributed by atoms with Crippen LogP contribution in [-0.4, -0.2) is 75.0 Å². The molecule has 12 heteroatoms. The standard InChI is InChI=1S/C44H60N8O4/c1-6-11-31(12-7-2)37(45)40(53)46-25-9-8-14-36-47-27-33(49-36)30-15-17-32(18-16-30)43-19-22-44(23-20-43,24-21-43)35-28-48-39(50-35)34-13-10-26-52(34)41(54)38(29(3)4)51-42(55)56-5/h6-7,11-12,15-18,27-29,34,37-38H,1,8-10,13-14,19-26,45H2,2-5H3,(H,46,53)(H,47,49)(H,48,50)(H,51,55)/b12-7-,31-11+. The van der Waals surface area contributed by atoms with Gasteiger partial charge in [-0.15, -0.1) is 0 Å². The second kappa shape index (κ2) is 17.9. The molecule has 2 aromatic heterocycles. The zero-order chi connectivity index (χ0) is 39.9. The number of amides is 3. The van der Waals surface area contributed by atoms with Gasteiger partial charge in [0.15, 0.2) is 0 Å². The minimum Gasteiger partial charge on any atom is -0.453 e. The van der Waals surface area contributed by atoms with Crippen LogP contribution in [0.4, 0.5) is 4.79 Å². The highest BCUT2D eigenvalue weighted by Gasteiger charge is 2.51.